The number of hydrogen-bond donors (Lipinski definition) is 1. The summed E-state index contributed by atoms with van der Waals surface area (Å²) in [5, 5.41) is 8.27. The molecule has 4 heteroatoms. The molecule has 0 bridgehead atoms. The van der Waals surface area contributed by atoms with Crippen molar-refractivity contribution in [3.05, 3.63) is 46.2 Å². The first kappa shape index (κ1) is 14.8. The van der Waals surface area contributed by atoms with Gasteiger partial charge in [-0.15, -0.1) is 0 Å². The van der Waals surface area contributed by atoms with Crippen molar-refractivity contribution in [2.45, 2.75) is 39.2 Å². The molecule has 3 nitrogen and oxygen atoms in total. The molecular formula is C17H22BrN3. The van der Waals surface area contributed by atoms with Crippen molar-refractivity contribution < 1.29 is 0 Å². The maximum absolute atomic E-state index is 4.75. The van der Waals surface area contributed by atoms with Crippen molar-refractivity contribution in [3.63, 3.8) is 0 Å². The number of nitrogens with zero attached hydrogens (tertiary/aromatic N) is 2. The lowest BCUT2D eigenvalue weighted by molar-refractivity contribution is 0.551. The Morgan fingerprint density at radius 2 is 2.14 bits per heavy atom. The summed E-state index contributed by atoms with van der Waals surface area (Å²) in [5.74, 6) is 1.36. The lowest BCUT2D eigenvalue weighted by atomic mass is 10.1. The van der Waals surface area contributed by atoms with Gasteiger partial charge >= 0.3 is 0 Å². The van der Waals surface area contributed by atoms with Gasteiger partial charge in [0.05, 0.1) is 11.4 Å². The predicted molar refractivity (Wildman–Crippen MR) is 89.8 cm³/mol. The van der Waals surface area contributed by atoms with Crippen molar-refractivity contribution in [1.82, 2.24) is 15.1 Å². The normalized spacial score (nSPS) is 14.9. The SMILES string of the molecule is CC(C)CNCc1cc(Br)ccc1-n1ccc(C2CC2)n1. The van der Waals surface area contributed by atoms with Crippen LogP contribution >= 0.6 is 15.9 Å². The number of halogens is 1. The van der Waals surface area contributed by atoms with Gasteiger partial charge in [-0.3, -0.25) is 0 Å². The zero-order valence-corrected chi connectivity index (χ0v) is 14.2. The van der Waals surface area contributed by atoms with E-state index in [1.54, 1.807) is 0 Å². The largest absolute Gasteiger partial charge is 0.312 e. The summed E-state index contributed by atoms with van der Waals surface area (Å²) in [6, 6.07) is 8.56. The van der Waals surface area contributed by atoms with Crippen LogP contribution in [0.4, 0.5) is 0 Å². The van der Waals surface area contributed by atoms with Crippen LogP contribution in [-0.4, -0.2) is 16.3 Å². The molecule has 1 aromatic carbocycles. The molecule has 1 N–H and O–H groups in total. The molecule has 1 heterocycles. The van der Waals surface area contributed by atoms with Crippen LogP contribution in [-0.2, 0) is 6.54 Å². The highest BCUT2D eigenvalue weighted by atomic mass is 79.9. The third-order valence-electron chi connectivity index (χ3n) is 3.76. The highest BCUT2D eigenvalue weighted by Gasteiger charge is 2.26. The van der Waals surface area contributed by atoms with Crippen molar-refractivity contribution >= 4 is 15.9 Å². The highest BCUT2D eigenvalue weighted by Crippen LogP contribution is 2.39. The van der Waals surface area contributed by atoms with E-state index in [1.807, 2.05) is 4.68 Å². The number of hydrogen-bond acceptors (Lipinski definition) is 2. The summed E-state index contributed by atoms with van der Waals surface area (Å²) in [6.45, 7) is 6.35. The lowest BCUT2D eigenvalue weighted by Crippen LogP contribution is -2.20. The molecule has 0 aliphatic heterocycles. The summed E-state index contributed by atoms with van der Waals surface area (Å²) in [6.07, 6.45) is 4.67. The van der Waals surface area contributed by atoms with Gasteiger partial charge in [-0.05, 0) is 55.1 Å². The molecule has 21 heavy (non-hydrogen) atoms. The van der Waals surface area contributed by atoms with E-state index in [2.05, 4.69) is 65.6 Å². The lowest BCUT2D eigenvalue weighted by Gasteiger charge is -2.12. The Morgan fingerprint density at radius 3 is 2.86 bits per heavy atom. The molecule has 1 aliphatic carbocycles. The van der Waals surface area contributed by atoms with Gasteiger partial charge in [0, 0.05) is 23.1 Å². The molecule has 2 aromatic rings. The van der Waals surface area contributed by atoms with Gasteiger partial charge in [0.1, 0.15) is 0 Å². The monoisotopic (exact) mass is 347 g/mol. The van der Waals surface area contributed by atoms with Crippen LogP contribution in [0.3, 0.4) is 0 Å². The minimum absolute atomic E-state index is 0.659. The van der Waals surface area contributed by atoms with Gasteiger partial charge in [-0.2, -0.15) is 5.10 Å². The minimum Gasteiger partial charge on any atom is -0.312 e. The maximum atomic E-state index is 4.75. The third-order valence-corrected chi connectivity index (χ3v) is 4.25. The zero-order valence-electron chi connectivity index (χ0n) is 12.6. The summed E-state index contributed by atoms with van der Waals surface area (Å²) >= 11 is 3.57. The first-order valence-corrected chi connectivity index (χ1v) is 8.48. The Balaban J connectivity index is 1.82. The van der Waals surface area contributed by atoms with Crippen LogP contribution < -0.4 is 5.32 Å². The number of nitrogens with one attached hydrogen (secondary N) is 1. The molecule has 1 aromatic heterocycles. The van der Waals surface area contributed by atoms with Crippen LogP contribution in [0, 0.1) is 5.92 Å². The molecule has 1 aliphatic rings. The average Bonchev–Trinajstić information content (AvgIpc) is 3.17. The van der Waals surface area contributed by atoms with Gasteiger partial charge in [0.25, 0.3) is 0 Å². The third kappa shape index (κ3) is 3.74. The number of benzene rings is 1. The Hall–Kier alpha value is -1.13. The first-order valence-electron chi connectivity index (χ1n) is 7.68. The minimum atomic E-state index is 0.659. The molecule has 0 unspecified atom stereocenters. The van der Waals surface area contributed by atoms with Gasteiger partial charge < -0.3 is 5.32 Å². The van der Waals surface area contributed by atoms with Crippen LogP contribution in [0.25, 0.3) is 5.69 Å². The summed E-state index contributed by atoms with van der Waals surface area (Å²) < 4.78 is 3.13. The summed E-state index contributed by atoms with van der Waals surface area (Å²) in [4.78, 5) is 0. The zero-order chi connectivity index (χ0) is 14.8. The quantitative estimate of drug-likeness (QED) is 0.845. The molecule has 0 spiro atoms. The molecule has 112 valence electrons. The van der Waals surface area contributed by atoms with E-state index in [9.17, 15) is 0 Å². The fourth-order valence-corrected chi connectivity index (χ4v) is 2.89. The molecule has 3 rings (SSSR count). The van der Waals surface area contributed by atoms with Crippen molar-refractivity contribution in [2.75, 3.05) is 6.54 Å². The van der Waals surface area contributed by atoms with Crippen LogP contribution in [0.5, 0.6) is 0 Å². The molecule has 0 saturated heterocycles. The average molecular weight is 348 g/mol. The smallest absolute Gasteiger partial charge is 0.0691 e. The number of rotatable bonds is 6. The van der Waals surface area contributed by atoms with E-state index in [4.69, 9.17) is 5.10 Å². The number of aromatic nitrogens is 2. The van der Waals surface area contributed by atoms with Crippen LogP contribution in [0.1, 0.15) is 43.9 Å². The van der Waals surface area contributed by atoms with Crippen molar-refractivity contribution in [1.29, 1.82) is 0 Å². The van der Waals surface area contributed by atoms with E-state index in [-0.39, 0.29) is 0 Å². The van der Waals surface area contributed by atoms with Crippen molar-refractivity contribution in [3.8, 4) is 5.69 Å². The molecule has 0 amide bonds. The Bertz CT molecular complexity index is 614. The Kier molecular flexibility index (Phi) is 4.45. The van der Waals surface area contributed by atoms with Gasteiger partial charge in [0.15, 0.2) is 0 Å². The molecule has 0 radical (unpaired) electrons. The van der Waals surface area contributed by atoms with Gasteiger partial charge in [-0.1, -0.05) is 29.8 Å². The fourth-order valence-electron chi connectivity index (χ4n) is 2.48. The molecule has 0 atom stereocenters. The maximum Gasteiger partial charge on any atom is 0.0691 e. The van der Waals surface area contributed by atoms with E-state index in [1.165, 1.54) is 29.8 Å². The second kappa shape index (κ2) is 6.32. The predicted octanol–water partition coefficient (Wildman–Crippen LogP) is 4.26. The van der Waals surface area contributed by atoms with E-state index in [0.717, 1.165) is 17.6 Å². The Labute approximate surface area is 134 Å². The highest BCUT2D eigenvalue weighted by molar-refractivity contribution is 9.10. The summed E-state index contributed by atoms with van der Waals surface area (Å²) in [7, 11) is 0. The van der Waals surface area contributed by atoms with Crippen molar-refractivity contribution in [2.24, 2.45) is 5.92 Å². The van der Waals surface area contributed by atoms with Crippen LogP contribution in [0.15, 0.2) is 34.9 Å². The topological polar surface area (TPSA) is 29.9 Å². The second-order valence-electron chi connectivity index (χ2n) is 6.26. The van der Waals surface area contributed by atoms with E-state index < -0.39 is 0 Å². The van der Waals surface area contributed by atoms with E-state index >= 15 is 0 Å². The fraction of sp³-hybridized carbons (Fsp3) is 0.471. The first-order chi connectivity index (χ1) is 10.1. The second-order valence-corrected chi connectivity index (χ2v) is 7.17. The molecule has 1 fully saturated rings. The van der Waals surface area contributed by atoms with Gasteiger partial charge in [0.2, 0.25) is 0 Å². The molecule has 1 saturated carbocycles. The Morgan fingerprint density at radius 1 is 1.33 bits per heavy atom. The summed E-state index contributed by atoms with van der Waals surface area (Å²) in [5.41, 5.74) is 3.68. The standard InChI is InChI=1S/C17H22BrN3/c1-12(2)10-19-11-14-9-15(18)5-6-17(14)21-8-7-16(20-21)13-3-4-13/h5-9,12-13,19H,3-4,10-11H2,1-2H3. The van der Waals surface area contributed by atoms with E-state index in [0.29, 0.717) is 11.8 Å². The van der Waals surface area contributed by atoms with Gasteiger partial charge in [-0.25, -0.2) is 4.68 Å². The molecular weight excluding hydrogens is 326 g/mol. The van der Waals surface area contributed by atoms with Crippen LogP contribution in [0.2, 0.25) is 0 Å².